The Bertz CT molecular complexity index is 3680. The number of ketones is 2. The summed E-state index contributed by atoms with van der Waals surface area (Å²) < 4.78 is 63.0. The molecule has 13 atom stereocenters. The number of methoxy groups -OCH3 is 3. The lowest BCUT2D eigenvalue weighted by atomic mass is 9.99. The third kappa shape index (κ3) is 16.2. The smallest absolute Gasteiger partial charge is 0.416 e. The molecule has 9 N–H and O–H groups in total. The number of benzene rings is 4. The van der Waals surface area contributed by atoms with Crippen LogP contribution in [0.5, 0.6) is 28.7 Å². The predicted octanol–water partition coefficient (Wildman–Crippen LogP) is 3.34. The molecular weight excluding hydrogens is 1310 g/mol. The molecule has 0 saturated carbocycles. The van der Waals surface area contributed by atoms with E-state index in [1.54, 1.807) is 13.0 Å². The minimum Gasteiger partial charge on any atom is -0.493 e. The Hall–Kier alpha value is -8.34. The molecule has 6 heterocycles. The van der Waals surface area contributed by atoms with Gasteiger partial charge in [0.2, 0.25) is 12.6 Å². The van der Waals surface area contributed by atoms with Gasteiger partial charge < -0.3 is 108 Å². The highest BCUT2D eigenvalue weighted by atomic mass is 16.7. The van der Waals surface area contributed by atoms with E-state index < -0.39 is 129 Å². The van der Waals surface area contributed by atoms with Crippen LogP contribution in [0.4, 0.5) is 21.0 Å². The minimum atomic E-state index is -1.78. The summed E-state index contributed by atoms with van der Waals surface area (Å²) in [5.41, 5.74) is 2.50. The molecule has 4 aromatic carbocycles. The molecule has 0 aromatic heterocycles. The van der Waals surface area contributed by atoms with Crippen LogP contribution in [0.15, 0.2) is 85.0 Å². The monoisotopic (exact) mass is 1400 g/mol. The molecule has 0 spiro atoms. The average Bonchev–Trinajstić information content (AvgIpc) is 1.59. The van der Waals surface area contributed by atoms with Gasteiger partial charge >= 0.3 is 12.2 Å². The van der Waals surface area contributed by atoms with Gasteiger partial charge in [0.25, 0.3) is 11.8 Å². The molecule has 30 nitrogen and oxygen atoms in total. The largest absolute Gasteiger partial charge is 0.493 e. The number of unbranched alkanes of at least 4 members (excludes halogenated alkanes) is 2. The fraction of sp³-hybridized carbons (Fsp3) is 0.514. The number of aliphatic hydroxyl groups is 9. The van der Waals surface area contributed by atoms with Crippen molar-refractivity contribution >= 4 is 46.9 Å². The third-order valence-electron chi connectivity index (χ3n) is 18.3. The first-order valence-corrected chi connectivity index (χ1v) is 32.9. The molecule has 10 rings (SSSR count). The Morgan fingerprint density at radius 3 is 1.55 bits per heavy atom. The zero-order valence-corrected chi connectivity index (χ0v) is 55.9. The number of carbonyl (C=O) groups is 6. The number of hydrogen-bond acceptors (Lipinski definition) is 26. The highest BCUT2D eigenvalue weighted by Gasteiger charge is 2.50. The van der Waals surface area contributed by atoms with Crippen LogP contribution in [0.1, 0.15) is 116 Å². The number of carbonyl (C=O) groups excluding carboxylic acids is 6. The fourth-order valence-corrected chi connectivity index (χ4v) is 12.9. The number of anilines is 2. The standard InChI is InChI=1S/C70H86N4O26/c1-36-22-47-65(86)73(69(88)96-33-39-14-16-52(43(25-39)49(76)12-10-18-90-4)98-67-61(82)58(79)51(78)35-95-67)45-28-54(38(3)24-41(45)63(84)71(47)30-36)93-20-8-7-9-21-94-56-29-46-42(27-55(56)92-6)64(85)72-31-37(2)23-48(72)66(87)74(46)70(89)97-34-40-15-17-53(44(26-40)50(77)13-11-19-91-5)99-68-62(83)60(81)59(80)57(32-75)100-68/h14-17,24-29,47-48,51,57-62,65-68,75,78-83,86-87H,1-2,7-13,18-23,30-35H2,3-6H3/t47-,48-,51+,57+,58-,59-,60-,61+,62+,65?,66?,67-,68+/m0/s1. The summed E-state index contributed by atoms with van der Waals surface area (Å²) in [6.45, 7) is 8.85. The van der Waals surface area contributed by atoms with Crippen molar-refractivity contribution in [1.82, 2.24) is 9.80 Å². The normalized spacial score (nSPS) is 25.7. The van der Waals surface area contributed by atoms with E-state index in [0.717, 1.165) is 9.80 Å². The van der Waals surface area contributed by atoms with Crippen LogP contribution in [-0.4, -0.2) is 245 Å². The lowest BCUT2D eigenvalue weighted by Gasteiger charge is -2.39. The van der Waals surface area contributed by atoms with E-state index >= 15 is 0 Å². The second-order valence-corrected chi connectivity index (χ2v) is 25.4. The van der Waals surface area contributed by atoms with Gasteiger partial charge in [-0.15, -0.1) is 0 Å². The zero-order valence-electron chi connectivity index (χ0n) is 55.9. The van der Waals surface area contributed by atoms with Gasteiger partial charge in [-0.3, -0.25) is 19.2 Å². The molecule has 0 aliphatic carbocycles. The molecule has 4 aromatic rings. The van der Waals surface area contributed by atoms with E-state index in [1.165, 1.54) is 85.7 Å². The number of fused-ring (bicyclic) bond motifs is 4. The lowest BCUT2D eigenvalue weighted by Crippen LogP contribution is -2.60. The molecule has 4 fully saturated rings. The van der Waals surface area contributed by atoms with Crippen LogP contribution < -0.4 is 33.5 Å². The number of aliphatic hydroxyl groups excluding tert-OH is 9. The quantitative estimate of drug-likeness (QED) is 0.0224. The first-order valence-electron chi connectivity index (χ1n) is 32.9. The van der Waals surface area contributed by atoms with Crippen molar-refractivity contribution in [2.45, 2.75) is 158 Å². The zero-order chi connectivity index (χ0) is 71.8. The second kappa shape index (κ2) is 33.0. The maximum absolute atomic E-state index is 14.5. The Kier molecular flexibility index (Phi) is 24.5. The molecule has 4 saturated heterocycles. The minimum absolute atomic E-state index is 0.0118. The summed E-state index contributed by atoms with van der Waals surface area (Å²) in [6.07, 6.45) is -17.1. The van der Waals surface area contributed by atoms with Gasteiger partial charge in [0.1, 0.15) is 73.2 Å². The van der Waals surface area contributed by atoms with Crippen molar-refractivity contribution in [3.05, 3.63) is 124 Å². The maximum Gasteiger partial charge on any atom is 0.416 e. The van der Waals surface area contributed by atoms with E-state index in [-0.39, 0.29) is 140 Å². The molecular formula is C70H86N4O26. The molecule has 0 bridgehead atoms. The van der Waals surface area contributed by atoms with Crippen LogP contribution >= 0.6 is 0 Å². The number of amides is 4. The maximum atomic E-state index is 14.5. The average molecular weight is 1400 g/mol. The highest BCUT2D eigenvalue weighted by Crippen LogP contribution is 2.44. The van der Waals surface area contributed by atoms with Crippen LogP contribution in [0.3, 0.4) is 0 Å². The number of Topliss-reactive ketones (excluding diaryl/α,β-unsaturated/α-hetero) is 2. The Labute approximate surface area is 575 Å². The van der Waals surface area contributed by atoms with Crippen molar-refractivity contribution < 1.29 is 127 Å². The van der Waals surface area contributed by atoms with Crippen LogP contribution in [0, 0.1) is 6.92 Å². The van der Waals surface area contributed by atoms with Crippen molar-refractivity contribution in [1.29, 1.82) is 0 Å². The van der Waals surface area contributed by atoms with Crippen LogP contribution in [0.25, 0.3) is 0 Å². The van der Waals surface area contributed by atoms with Gasteiger partial charge in [-0.2, -0.15) is 0 Å². The second-order valence-electron chi connectivity index (χ2n) is 25.4. The van der Waals surface area contributed by atoms with Crippen molar-refractivity contribution in [2.24, 2.45) is 0 Å². The van der Waals surface area contributed by atoms with E-state index in [1.807, 2.05) is 0 Å². The van der Waals surface area contributed by atoms with Gasteiger partial charge in [0.05, 0.1) is 79.2 Å². The molecule has 6 aliphatic heterocycles. The summed E-state index contributed by atoms with van der Waals surface area (Å²) in [4.78, 5) is 89.9. The summed E-state index contributed by atoms with van der Waals surface area (Å²) in [5, 5.41) is 96.3. The summed E-state index contributed by atoms with van der Waals surface area (Å²) in [6, 6.07) is 12.7. The number of rotatable bonds is 28. The molecule has 542 valence electrons. The molecule has 2 unspecified atom stereocenters. The Balaban J connectivity index is 0.810. The van der Waals surface area contributed by atoms with E-state index in [2.05, 4.69) is 13.2 Å². The fourth-order valence-electron chi connectivity index (χ4n) is 12.9. The Morgan fingerprint density at radius 1 is 0.550 bits per heavy atom. The van der Waals surface area contributed by atoms with Gasteiger partial charge in [-0.05, 0) is 105 Å². The van der Waals surface area contributed by atoms with Crippen LogP contribution in [0.2, 0.25) is 0 Å². The number of aryl methyl sites for hydroxylation is 1. The van der Waals surface area contributed by atoms with Gasteiger partial charge in [0, 0.05) is 65.5 Å². The summed E-state index contributed by atoms with van der Waals surface area (Å²) in [7, 11) is 4.35. The Morgan fingerprint density at radius 2 is 1.04 bits per heavy atom. The van der Waals surface area contributed by atoms with Crippen molar-refractivity contribution in [3.63, 3.8) is 0 Å². The summed E-state index contributed by atoms with van der Waals surface area (Å²) in [5.74, 6) is -1.35. The molecule has 100 heavy (non-hydrogen) atoms. The molecule has 4 amide bonds. The van der Waals surface area contributed by atoms with Gasteiger partial charge in [-0.1, -0.05) is 36.4 Å². The van der Waals surface area contributed by atoms with Gasteiger partial charge in [-0.25, -0.2) is 19.4 Å². The first kappa shape index (κ1) is 74.4. The number of hydrogen-bond donors (Lipinski definition) is 9. The van der Waals surface area contributed by atoms with Crippen molar-refractivity contribution in [2.75, 3.05) is 83.9 Å². The van der Waals surface area contributed by atoms with E-state index in [4.69, 9.17) is 52.1 Å². The number of nitrogens with zero attached hydrogens (tertiary/aromatic N) is 4. The van der Waals surface area contributed by atoms with Gasteiger partial charge in [0.15, 0.2) is 35.5 Å². The van der Waals surface area contributed by atoms with E-state index in [0.29, 0.717) is 60.1 Å². The SMILES string of the molecule is C=C1C[C@H]2C(O)N(C(=O)OCc3ccc(O[C@@H]4OC[C@@H](O)[C@H](O)[C@H]4O)c(C(=O)CCCOC)c3)c3cc(OCCCCCOc4cc5c(cc4OC)C(=O)N4CC(=C)C[C@H]4C(O)N5C(=O)OCc4ccc(O[C@@H]5O[C@H](CO)[C@H](O)[C@H](O)[C@H]5O)c(C(=O)CCCOC)c4)c(C)cc3C(=O)N2C1. The summed E-state index contributed by atoms with van der Waals surface area (Å²) >= 11 is 0. The van der Waals surface area contributed by atoms with Crippen molar-refractivity contribution in [3.8, 4) is 28.7 Å². The lowest BCUT2D eigenvalue weighted by molar-refractivity contribution is -0.277. The first-order chi connectivity index (χ1) is 48.0. The van der Waals surface area contributed by atoms with E-state index in [9.17, 15) is 74.7 Å². The van der Waals surface area contributed by atoms with Crippen LogP contribution in [-0.2, 0) is 41.6 Å². The predicted molar refractivity (Wildman–Crippen MR) is 350 cm³/mol. The highest BCUT2D eigenvalue weighted by molar-refractivity contribution is 6.07. The molecule has 30 heteroatoms. The molecule has 0 radical (unpaired) electrons. The molecule has 6 aliphatic rings. The number of ether oxygens (including phenoxy) is 11. The topological polar surface area (TPSA) is 399 Å². The third-order valence-corrected chi connectivity index (χ3v) is 18.3.